The van der Waals surface area contributed by atoms with E-state index in [1.54, 1.807) is 23.5 Å². The van der Waals surface area contributed by atoms with E-state index < -0.39 is 18.0 Å². The van der Waals surface area contributed by atoms with Crippen molar-refractivity contribution in [2.24, 2.45) is 4.99 Å². The van der Waals surface area contributed by atoms with Gasteiger partial charge in [-0.2, -0.15) is 0 Å². The molecule has 1 fully saturated rings. The van der Waals surface area contributed by atoms with Crippen LogP contribution in [0.5, 0.6) is 0 Å². The lowest BCUT2D eigenvalue weighted by molar-refractivity contribution is -0.137. The molecule has 0 radical (unpaired) electrons. The maximum atomic E-state index is 13.3. The average molecular weight is 729 g/mol. The van der Waals surface area contributed by atoms with Crippen LogP contribution in [0.15, 0.2) is 47.5 Å². The van der Waals surface area contributed by atoms with Crippen molar-refractivity contribution in [3.05, 3.63) is 91.8 Å². The Labute approximate surface area is 303 Å². The molecule has 15 heteroatoms. The number of hydrogen-bond donors (Lipinski definition) is 3. The summed E-state index contributed by atoms with van der Waals surface area (Å²) in [4.78, 5) is 58.2. The maximum Gasteiger partial charge on any atom is 0.255 e. The highest BCUT2D eigenvalue weighted by Gasteiger charge is 2.40. The van der Waals surface area contributed by atoms with Crippen LogP contribution in [0.1, 0.15) is 74.4 Å². The van der Waals surface area contributed by atoms with Crippen LogP contribution in [0.3, 0.4) is 0 Å². The van der Waals surface area contributed by atoms with Crippen molar-refractivity contribution in [1.82, 2.24) is 30.3 Å². The number of rotatable bonds is 11. The largest absolute Gasteiger partial charge is 0.382 e. The highest BCUT2D eigenvalue weighted by Crippen LogP contribution is 2.39. The van der Waals surface area contributed by atoms with Gasteiger partial charge < -0.3 is 20.3 Å². The summed E-state index contributed by atoms with van der Waals surface area (Å²) < 4.78 is 7.81. The van der Waals surface area contributed by atoms with Crippen LogP contribution < -0.4 is 16.0 Å². The second kappa shape index (κ2) is 14.4. The first-order chi connectivity index (χ1) is 24.6. The number of fused-ring (bicyclic) bond motifs is 4. The Balaban J connectivity index is 0.937. The third kappa shape index (κ3) is 6.78. The molecule has 3 aliphatic heterocycles. The number of piperidine rings is 1. The van der Waals surface area contributed by atoms with Gasteiger partial charge in [0, 0.05) is 63.9 Å². The van der Waals surface area contributed by atoms with Gasteiger partial charge in [-0.3, -0.25) is 34.1 Å². The van der Waals surface area contributed by atoms with Crippen molar-refractivity contribution >= 4 is 58.0 Å². The quantitative estimate of drug-likeness (QED) is 0.153. The number of carbonyl (C=O) groups is 4. The smallest absolute Gasteiger partial charge is 0.255 e. The summed E-state index contributed by atoms with van der Waals surface area (Å²) >= 11 is 7.87. The van der Waals surface area contributed by atoms with Gasteiger partial charge in [-0.1, -0.05) is 29.8 Å². The number of nitrogens with one attached hydrogen (secondary N) is 3. The van der Waals surface area contributed by atoms with Crippen LogP contribution in [0.4, 0.5) is 5.69 Å². The molecular formula is C36H37ClN8O5S. The molecule has 0 saturated carbocycles. The maximum absolute atomic E-state index is 13.3. The van der Waals surface area contributed by atoms with Crippen LogP contribution in [-0.2, 0) is 25.7 Å². The Morgan fingerprint density at radius 2 is 1.84 bits per heavy atom. The molecule has 4 aromatic rings. The van der Waals surface area contributed by atoms with E-state index in [-0.39, 0.29) is 37.1 Å². The molecule has 4 amide bonds. The first kappa shape index (κ1) is 34.5. The van der Waals surface area contributed by atoms with Crippen LogP contribution in [0.2, 0.25) is 5.02 Å². The molecule has 7 rings (SSSR count). The number of anilines is 1. The van der Waals surface area contributed by atoms with Gasteiger partial charge in [0.15, 0.2) is 5.82 Å². The van der Waals surface area contributed by atoms with E-state index in [1.165, 1.54) is 9.78 Å². The highest BCUT2D eigenvalue weighted by molar-refractivity contribution is 7.15. The second-order valence-electron chi connectivity index (χ2n) is 12.7. The van der Waals surface area contributed by atoms with E-state index in [9.17, 15) is 19.2 Å². The zero-order valence-corrected chi connectivity index (χ0v) is 30.0. The Morgan fingerprint density at radius 1 is 1.06 bits per heavy atom. The molecule has 2 aromatic carbocycles. The van der Waals surface area contributed by atoms with Gasteiger partial charge in [0.2, 0.25) is 17.7 Å². The van der Waals surface area contributed by atoms with Crippen molar-refractivity contribution in [3.63, 3.8) is 0 Å². The number of ether oxygens (including phenoxy) is 1. The normalized spacial score (nSPS) is 18.1. The summed E-state index contributed by atoms with van der Waals surface area (Å²) in [6, 6.07) is 11.8. The Kier molecular flexibility index (Phi) is 9.73. The highest BCUT2D eigenvalue weighted by atomic mass is 35.5. The van der Waals surface area contributed by atoms with E-state index in [0.717, 1.165) is 44.5 Å². The number of thiophene rings is 1. The second-order valence-corrected chi connectivity index (χ2v) is 14.4. The zero-order chi connectivity index (χ0) is 35.8. The SMILES string of the molecule is Cc1sc2c(c1C)C(c1ccc(Cl)cc1)=N[C@@H](CC(=O)NCCOCCNc1cccc3c1CN(C1CCC(=O)NC1=O)C3=O)c1nnc(C)n1-2. The lowest BCUT2D eigenvalue weighted by Crippen LogP contribution is -2.52. The van der Waals surface area contributed by atoms with Crippen molar-refractivity contribution < 1.29 is 23.9 Å². The number of amides is 4. The van der Waals surface area contributed by atoms with Gasteiger partial charge >= 0.3 is 0 Å². The van der Waals surface area contributed by atoms with Crippen molar-refractivity contribution in [2.45, 2.75) is 58.7 Å². The van der Waals surface area contributed by atoms with Gasteiger partial charge in [0.05, 0.1) is 25.3 Å². The minimum absolute atomic E-state index is 0.0808. The van der Waals surface area contributed by atoms with E-state index in [4.69, 9.17) is 21.3 Å². The monoisotopic (exact) mass is 728 g/mol. The molecule has 5 heterocycles. The number of hydrogen-bond acceptors (Lipinski definition) is 10. The summed E-state index contributed by atoms with van der Waals surface area (Å²) in [6.45, 7) is 7.82. The van der Waals surface area contributed by atoms with Gasteiger partial charge in [0.1, 0.15) is 22.9 Å². The fraction of sp³-hybridized carbons (Fsp3) is 0.361. The van der Waals surface area contributed by atoms with Crippen LogP contribution >= 0.6 is 22.9 Å². The number of aliphatic imine (C=N–C) groups is 1. The summed E-state index contributed by atoms with van der Waals surface area (Å²) in [5.74, 6) is 0.186. The lowest BCUT2D eigenvalue weighted by Gasteiger charge is -2.29. The number of aromatic nitrogens is 3. The van der Waals surface area contributed by atoms with E-state index in [1.807, 2.05) is 41.8 Å². The number of imide groups is 1. The number of carbonyl (C=O) groups excluding carboxylic acids is 4. The Bertz CT molecular complexity index is 2070. The minimum Gasteiger partial charge on any atom is -0.382 e. The molecule has 0 spiro atoms. The van der Waals surface area contributed by atoms with Gasteiger partial charge in [-0.05, 0) is 57.0 Å². The molecule has 264 valence electrons. The first-order valence-electron chi connectivity index (χ1n) is 16.8. The van der Waals surface area contributed by atoms with E-state index >= 15 is 0 Å². The van der Waals surface area contributed by atoms with Gasteiger partial charge in [-0.15, -0.1) is 21.5 Å². The number of halogens is 1. The lowest BCUT2D eigenvalue weighted by atomic mass is 9.99. The van der Waals surface area contributed by atoms with Crippen LogP contribution in [0, 0.1) is 20.8 Å². The first-order valence-corrected chi connectivity index (χ1v) is 18.0. The molecule has 1 saturated heterocycles. The fourth-order valence-corrected chi connectivity index (χ4v) is 8.09. The van der Waals surface area contributed by atoms with Gasteiger partial charge in [0.25, 0.3) is 5.91 Å². The summed E-state index contributed by atoms with van der Waals surface area (Å²) in [5, 5.41) is 19.1. The molecular weight excluding hydrogens is 692 g/mol. The van der Waals surface area contributed by atoms with E-state index in [0.29, 0.717) is 49.1 Å². The molecule has 3 aliphatic rings. The zero-order valence-electron chi connectivity index (χ0n) is 28.4. The van der Waals surface area contributed by atoms with Crippen molar-refractivity contribution in [1.29, 1.82) is 0 Å². The summed E-state index contributed by atoms with van der Waals surface area (Å²) in [6.07, 6.45) is 0.598. The molecule has 1 unspecified atom stereocenters. The topological polar surface area (TPSA) is 160 Å². The molecule has 3 N–H and O–H groups in total. The molecule has 13 nitrogen and oxygen atoms in total. The van der Waals surface area contributed by atoms with Crippen molar-refractivity contribution in [2.75, 3.05) is 31.6 Å². The van der Waals surface area contributed by atoms with Crippen LogP contribution in [-0.4, -0.2) is 81.3 Å². The number of aryl methyl sites for hydroxylation is 2. The minimum atomic E-state index is -0.668. The predicted octanol–water partition coefficient (Wildman–Crippen LogP) is 4.20. The molecule has 51 heavy (non-hydrogen) atoms. The third-order valence-corrected chi connectivity index (χ3v) is 10.9. The number of nitrogens with zero attached hydrogens (tertiary/aromatic N) is 5. The molecule has 0 bridgehead atoms. The number of benzene rings is 2. The Morgan fingerprint density at radius 3 is 2.63 bits per heavy atom. The molecule has 2 atom stereocenters. The standard InChI is InChI=1S/C36H37ClN8O5S/c1-19-20(2)51-36-31(19)32(22-7-9-23(37)10-8-22)40-27(33-43-42-21(3)45(33)36)17-30(47)39-14-16-50-15-13-38-26-6-4-5-24-25(26)18-44(35(24)49)28-11-12-29(46)41-34(28)48/h4-10,27-28,38H,11-18H2,1-3H3,(H,39,47)(H,41,46,48)/t27-,28?/m0/s1. The molecule has 0 aliphatic carbocycles. The summed E-state index contributed by atoms with van der Waals surface area (Å²) in [7, 11) is 0. The predicted molar refractivity (Wildman–Crippen MR) is 193 cm³/mol. The van der Waals surface area contributed by atoms with Crippen molar-refractivity contribution in [3.8, 4) is 5.00 Å². The van der Waals surface area contributed by atoms with E-state index in [2.05, 4.69) is 40.0 Å². The summed E-state index contributed by atoms with van der Waals surface area (Å²) in [5.41, 5.74) is 5.97. The van der Waals surface area contributed by atoms with Crippen LogP contribution in [0.25, 0.3) is 5.00 Å². The Hall–Kier alpha value is -4.92. The third-order valence-electron chi connectivity index (χ3n) is 9.45. The molecule has 2 aromatic heterocycles. The fourth-order valence-electron chi connectivity index (χ4n) is 6.75. The average Bonchev–Trinajstić information content (AvgIpc) is 3.72. The van der Waals surface area contributed by atoms with Gasteiger partial charge in [-0.25, -0.2) is 0 Å².